The third kappa shape index (κ3) is 3.99. The molecule has 2 aromatic carbocycles. The number of aromatic nitrogens is 2. The average molecular weight is 403 g/mol. The molecule has 0 bridgehead atoms. The summed E-state index contributed by atoms with van der Waals surface area (Å²) in [5, 5.41) is 14.4. The molecule has 1 aliphatic carbocycles. The summed E-state index contributed by atoms with van der Waals surface area (Å²) in [6, 6.07) is 18.5. The van der Waals surface area contributed by atoms with Gasteiger partial charge in [0.05, 0.1) is 11.4 Å². The Kier molecular flexibility index (Phi) is 5.65. The number of aromatic carboxylic acids is 1. The molecule has 3 aromatic rings. The highest BCUT2D eigenvalue weighted by molar-refractivity contribution is 6.06. The van der Waals surface area contributed by atoms with Crippen molar-refractivity contribution >= 4 is 23.4 Å². The van der Waals surface area contributed by atoms with Crippen molar-refractivity contribution < 1.29 is 14.7 Å². The zero-order chi connectivity index (χ0) is 21.1. The van der Waals surface area contributed by atoms with Crippen molar-refractivity contribution in [2.24, 2.45) is 11.8 Å². The number of carboxylic acid groups (broad SMARTS) is 1. The van der Waals surface area contributed by atoms with Gasteiger partial charge in [0.2, 0.25) is 5.91 Å². The summed E-state index contributed by atoms with van der Waals surface area (Å²) in [7, 11) is 0. The van der Waals surface area contributed by atoms with Crippen molar-refractivity contribution in [3.63, 3.8) is 0 Å². The second kappa shape index (κ2) is 8.53. The van der Waals surface area contributed by atoms with Crippen molar-refractivity contribution in [3.05, 3.63) is 72.4 Å². The van der Waals surface area contributed by atoms with Crippen LogP contribution in [0, 0.1) is 11.8 Å². The first-order valence-electron chi connectivity index (χ1n) is 10.3. The summed E-state index contributed by atoms with van der Waals surface area (Å²) < 4.78 is 1.52. The molecular weight excluding hydrogens is 378 g/mol. The monoisotopic (exact) mass is 403 g/mol. The van der Waals surface area contributed by atoms with E-state index in [-0.39, 0.29) is 23.2 Å². The van der Waals surface area contributed by atoms with E-state index >= 15 is 0 Å². The molecule has 30 heavy (non-hydrogen) atoms. The van der Waals surface area contributed by atoms with Gasteiger partial charge >= 0.3 is 5.97 Å². The van der Waals surface area contributed by atoms with E-state index in [2.05, 4.69) is 12.0 Å². The number of hydrogen-bond acceptors (Lipinski definition) is 3. The zero-order valence-electron chi connectivity index (χ0n) is 16.9. The number of carbonyl (C=O) groups is 2. The van der Waals surface area contributed by atoms with E-state index in [9.17, 15) is 14.7 Å². The second-order valence-corrected chi connectivity index (χ2v) is 7.92. The molecule has 154 valence electrons. The fourth-order valence-corrected chi connectivity index (χ4v) is 4.01. The Bertz CT molecular complexity index is 1020. The lowest BCUT2D eigenvalue weighted by molar-refractivity contribution is -0.122. The van der Waals surface area contributed by atoms with Crippen LogP contribution >= 0.6 is 0 Å². The lowest BCUT2D eigenvalue weighted by atomic mass is 9.82. The number of carboxylic acids is 1. The molecule has 6 heteroatoms. The minimum absolute atomic E-state index is 0.000216. The molecule has 0 atom stereocenters. The van der Waals surface area contributed by atoms with Gasteiger partial charge in [0.25, 0.3) is 0 Å². The highest BCUT2D eigenvalue weighted by Gasteiger charge is 2.33. The molecule has 1 amide bonds. The molecule has 0 aliphatic heterocycles. The van der Waals surface area contributed by atoms with Crippen molar-refractivity contribution in [1.29, 1.82) is 0 Å². The largest absolute Gasteiger partial charge is 0.477 e. The third-order valence-electron chi connectivity index (χ3n) is 5.76. The molecule has 0 saturated heterocycles. The van der Waals surface area contributed by atoms with E-state index in [1.54, 1.807) is 0 Å². The van der Waals surface area contributed by atoms with Gasteiger partial charge in [-0.15, -0.1) is 5.10 Å². The number of carbonyl (C=O) groups excluding carboxylic acids is 1. The van der Waals surface area contributed by atoms with E-state index in [0.29, 0.717) is 11.6 Å². The van der Waals surface area contributed by atoms with Gasteiger partial charge in [0, 0.05) is 12.1 Å². The van der Waals surface area contributed by atoms with E-state index in [0.717, 1.165) is 31.4 Å². The van der Waals surface area contributed by atoms with Crippen molar-refractivity contribution in [3.8, 4) is 5.69 Å². The Morgan fingerprint density at radius 1 is 0.967 bits per heavy atom. The van der Waals surface area contributed by atoms with Crippen LogP contribution in [0.25, 0.3) is 5.69 Å². The van der Waals surface area contributed by atoms with Crippen LogP contribution in [0.3, 0.4) is 0 Å². The summed E-state index contributed by atoms with van der Waals surface area (Å²) in [4.78, 5) is 27.2. The molecule has 0 radical (unpaired) electrons. The smallest absolute Gasteiger partial charge is 0.341 e. The predicted molar refractivity (Wildman–Crippen MR) is 115 cm³/mol. The van der Waals surface area contributed by atoms with Crippen LogP contribution in [0.2, 0.25) is 0 Å². The Hall–Kier alpha value is -3.41. The van der Waals surface area contributed by atoms with Crippen LogP contribution in [0.15, 0.2) is 66.9 Å². The first-order chi connectivity index (χ1) is 14.5. The molecule has 1 aliphatic rings. The summed E-state index contributed by atoms with van der Waals surface area (Å²) in [5.41, 5.74) is 1.36. The highest BCUT2D eigenvalue weighted by Crippen LogP contribution is 2.35. The second-order valence-electron chi connectivity index (χ2n) is 7.92. The maximum atomic E-state index is 13.6. The Labute approximate surface area is 175 Å². The van der Waals surface area contributed by atoms with E-state index in [1.807, 2.05) is 60.7 Å². The molecular formula is C24H25N3O3. The highest BCUT2D eigenvalue weighted by atomic mass is 16.4. The van der Waals surface area contributed by atoms with E-state index < -0.39 is 5.97 Å². The summed E-state index contributed by atoms with van der Waals surface area (Å²) >= 11 is 0. The van der Waals surface area contributed by atoms with Crippen molar-refractivity contribution in [1.82, 2.24) is 9.78 Å². The third-order valence-corrected chi connectivity index (χ3v) is 5.76. The normalized spacial score (nSPS) is 18.7. The van der Waals surface area contributed by atoms with Crippen LogP contribution in [0.5, 0.6) is 0 Å². The number of amides is 1. The Morgan fingerprint density at radius 3 is 2.17 bits per heavy atom. The molecule has 4 rings (SSSR count). The van der Waals surface area contributed by atoms with Crippen LogP contribution in [-0.2, 0) is 4.79 Å². The molecule has 0 spiro atoms. The van der Waals surface area contributed by atoms with Crippen LogP contribution in [0.4, 0.5) is 11.5 Å². The average Bonchev–Trinajstić information content (AvgIpc) is 3.21. The minimum atomic E-state index is -1.11. The number of anilines is 2. The van der Waals surface area contributed by atoms with E-state index in [4.69, 9.17) is 0 Å². The van der Waals surface area contributed by atoms with Gasteiger partial charge in [-0.05, 0) is 55.9 Å². The van der Waals surface area contributed by atoms with Gasteiger partial charge in [-0.3, -0.25) is 9.69 Å². The van der Waals surface area contributed by atoms with Crippen LogP contribution in [-0.4, -0.2) is 26.8 Å². The maximum Gasteiger partial charge on any atom is 0.341 e. The van der Waals surface area contributed by atoms with Crippen molar-refractivity contribution in [2.75, 3.05) is 4.90 Å². The molecule has 6 nitrogen and oxygen atoms in total. The molecule has 1 N–H and O–H groups in total. The summed E-state index contributed by atoms with van der Waals surface area (Å²) in [6.45, 7) is 2.21. The molecule has 0 unspecified atom stereocenters. The van der Waals surface area contributed by atoms with Gasteiger partial charge in [0.1, 0.15) is 5.56 Å². The number of hydrogen-bond donors (Lipinski definition) is 1. The zero-order valence-corrected chi connectivity index (χ0v) is 16.9. The molecule has 1 fully saturated rings. The minimum Gasteiger partial charge on any atom is -0.477 e. The Balaban J connectivity index is 1.80. The maximum absolute atomic E-state index is 13.6. The standard InChI is InChI=1S/C24H25N3O3/c1-17-12-14-18(15-13-17)23(28)27(20-10-6-3-7-11-20)22-21(24(29)30)16-26(25-22)19-8-4-2-5-9-19/h2-11,16-18H,12-15H2,1H3,(H,29,30)/t17-,18-. The predicted octanol–water partition coefficient (Wildman–Crippen LogP) is 5.06. The van der Waals surface area contributed by atoms with Crippen molar-refractivity contribution in [2.45, 2.75) is 32.6 Å². The SMILES string of the molecule is C[C@H]1CC[C@H](C(=O)N(c2ccccc2)c2nn(-c3ccccc3)cc2C(=O)O)CC1. The lowest BCUT2D eigenvalue weighted by Gasteiger charge is -2.30. The van der Waals surface area contributed by atoms with Gasteiger partial charge in [-0.1, -0.05) is 43.3 Å². The molecule has 1 aromatic heterocycles. The number of nitrogens with zero attached hydrogens (tertiary/aromatic N) is 3. The topological polar surface area (TPSA) is 75.4 Å². The van der Waals surface area contributed by atoms with Gasteiger partial charge in [-0.2, -0.15) is 0 Å². The van der Waals surface area contributed by atoms with Crippen LogP contribution < -0.4 is 4.90 Å². The number of para-hydroxylation sites is 2. The fraction of sp³-hybridized carbons (Fsp3) is 0.292. The summed E-state index contributed by atoms with van der Waals surface area (Å²) in [5.74, 6) is -0.565. The van der Waals surface area contributed by atoms with Crippen LogP contribution in [0.1, 0.15) is 43.0 Å². The first kappa shape index (κ1) is 19.9. The quantitative estimate of drug-likeness (QED) is 0.646. The summed E-state index contributed by atoms with van der Waals surface area (Å²) in [6.07, 6.45) is 5.10. The first-order valence-corrected chi connectivity index (χ1v) is 10.3. The lowest BCUT2D eigenvalue weighted by Crippen LogP contribution is -2.35. The Morgan fingerprint density at radius 2 is 1.57 bits per heavy atom. The van der Waals surface area contributed by atoms with Gasteiger partial charge in [0.15, 0.2) is 5.82 Å². The van der Waals surface area contributed by atoms with Gasteiger partial charge in [-0.25, -0.2) is 9.48 Å². The number of rotatable bonds is 5. The molecule has 1 saturated carbocycles. The van der Waals surface area contributed by atoms with Gasteiger partial charge < -0.3 is 5.11 Å². The number of benzene rings is 2. The molecule has 1 heterocycles. The van der Waals surface area contributed by atoms with E-state index in [1.165, 1.54) is 15.8 Å². The fourth-order valence-electron chi connectivity index (χ4n) is 4.01.